The van der Waals surface area contributed by atoms with Crippen LogP contribution in [0, 0.1) is 24.4 Å². The van der Waals surface area contributed by atoms with Crippen molar-refractivity contribution >= 4 is 35.4 Å². The molecule has 9 heteroatoms. The van der Waals surface area contributed by atoms with Gasteiger partial charge in [-0.2, -0.15) is 0 Å². The molecule has 0 atom stereocenters. The van der Waals surface area contributed by atoms with E-state index in [9.17, 15) is 18.0 Å². The molecule has 0 unspecified atom stereocenters. The number of nitrogens with one attached hydrogen (secondary N) is 1. The molecule has 0 saturated heterocycles. The van der Waals surface area contributed by atoms with Crippen molar-refractivity contribution in [2.24, 2.45) is 0 Å². The lowest BCUT2D eigenvalue weighted by Gasteiger charge is -2.13. The number of carbonyl (C=O) groups excluding carboxylic acids is 1. The molecule has 4 aromatic rings. The van der Waals surface area contributed by atoms with Gasteiger partial charge in [0, 0.05) is 47.2 Å². The van der Waals surface area contributed by atoms with Gasteiger partial charge in [-0.25, -0.2) is 13.2 Å². The van der Waals surface area contributed by atoms with Gasteiger partial charge in [-0.3, -0.25) is 9.78 Å². The van der Waals surface area contributed by atoms with Crippen LogP contribution in [0.25, 0.3) is 20.9 Å². The predicted molar refractivity (Wildman–Crippen MR) is 131 cm³/mol. The second kappa shape index (κ2) is 10.3. The zero-order valence-electron chi connectivity index (χ0n) is 18.3. The summed E-state index contributed by atoms with van der Waals surface area (Å²) in [5.41, 5.74) is 4.64. The Bertz CT molecular complexity index is 1320. The van der Waals surface area contributed by atoms with Crippen LogP contribution in [0.1, 0.15) is 11.1 Å². The maximum Gasteiger partial charge on any atom is 0.209 e. The summed E-state index contributed by atoms with van der Waals surface area (Å²) in [5, 5.41) is 0. The highest BCUT2D eigenvalue weighted by atomic mass is 32.2. The number of amides is 1. The Labute approximate surface area is 203 Å². The first-order chi connectivity index (χ1) is 16.3. The Hall–Kier alpha value is -3.30. The Morgan fingerprint density at radius 1 is 1.00 bits per heavy atom. The van der Waals surface area contributed by atoms with Crippen LogP contribution in [0.5, 0.6) is 0 Å². The van der Waals surface area contributed by atoms with Crippen LogP contribution in [0.3, 0.4) is 0 Å². The molecule has 0 saturated carbocycles. The van der Waals surface area contributed by atoms with Gasteiger partial charge in [0.2, 0.25) is 6.41 Å². The smallest absolute Gasteiger partial charge is 0.209 e. The Morgan fingerprint density at radius 2 is 1.71 bits per heavy atom. The van der Waals surface area contributed by atoms with Crippen molar-refractivity contribution in [2.75, 3.05) is 11.8 Å². The largest absolute Gasteiger partial charge is 0.344 e. The van der Waals surface area contributed by atoms with Crippen LogP contribution in [-0.4, -0.2) is 23.3 Å². The number of anilines is 1. The van der Waals surface area contributed by atoms with Gasteiger partial charge >= 0.3 is 0 Å². The fraction of sp³-hybridized carbons (Fsp3) is 0.120. The van der Waals surface area contributed by atoms with Gasteiger partial charge in [-0.05, 0) is 59.8 Å². The number of aromatic nitrogens is 1. The number of nitrogens with zero attached hydrogens (tertiary/aromatic N) is 2. The average Bonchev–Trinajstić information content (AvgIpc) is 3.30. The number of halogens is 3. The highest BCUT2D eigenvalue weighted by Gasteiger charge is 2.13. The maximum absolute atomic E-state index is 13.9. The molecule has 0 radical (unpaired) electrons. The molecule has 2 aromatic heterocycles. The SMILES string of the molecule is Cc1ccc(-c2ccc(-c3cncc(NSc4c(F)cc(F)cc4F)c3)s2)cc1CN(C)C=O. The van der Waals surface area contributed by atoms with E-state index in [2.05, 4.69) is 15.8 Å². The summed E-state index contributed by atoms with van der Waals surface area (Å²) >= 11 is 2.31. The standard InChI is InChI=1S/C25H20F3N3OS2/c1-15-3-4-16(7-18(15)13-31(2)14-32)23-5-6-24(33-23)17-8-20(12-29-11-17)30-34-25-21(27)9-19(26)10-22(25)28/h3-12,14,30H,13H2,1-2H3. The minimum atomic E-state index is -0.973. The van der Waals surface area contributed by atoms with E-state index in [-0.39, 0.29) is 4.90 Å². The molecule has 174 valence electrons. The summed E-state index contributed by atoms with van der Waals surface area (Å²) in [5.74, 6) is -2.91. The van der Waals surface area contributed by atoms with E-state index in [1.165, 1.54) is 0 Å². The summed E-state index contributed by atoms with van der Waals surface area (Å²) in [7, 11) is 1.74. The molecular weight excluding hydrogens is 479 g/mol. The van der Waals surface area contributed by atoms with Gasteiger partial charge in [0.15, 0.2) is 0 Å². The van der Waals surface area contributed by atoms with Gasteiger partial charge in [-0.15, -0.1) is 11.3 Å². The van der Waals surface area contributed by atoms with E-state index in [1.807, 2.05) is 37.3 Å². The zero-order chi connectivity index (χ0) is 24.2. The predicted octanol–water partition coefficient (Wildman–Crippen LogP) is 6.91. The first kappa shape index (κ1) is 23.8. The van der Waals surface area contributed by atoms with E-state index in [0.29, 0.717) is 24.4 Å². The van der Waals surface area contributed by atoms with Crippen molar-refractivity contribution < 1.29 is 18.0 Å². The summed E-state index contributed by atoms with van der Waals surface area (Å²) < 4.78 is 43.8. The summed E-state index contributed by atoms with van der Waals surface area (Å²) in [6.45, 7) is 2.55. The van der Waals surface area contributed by atoms with Crippen LogP contribution in [0.15, 0.2) is 65.8 Å². The third-order valence-corrected chi connectivity index (χ3v) is 7.21. The summed E-state index contributed by atoms with van der Waals surface area (Å²) in [6.07, 6.45) is 4.06. The van der Waals surface area contributed by atoms with E-state index in [1.54, 1.807) is 35.7 Å². The Balaban J connectivity index is 1.53. The van der Waals surface area contributed by atoms with Crippen molar-refractivity contribution in [1.82, 2.24) is 9.88 Å². The number of aryl methyl sites for hydroxylation is 1. The second-order valence-corrected chi connectivity index (χ2v) is 9.59. The third-order valence-electron chi connectivity index (χ3n) is 5.10. The quantitative estimate of drug-likeness (QED) is 0.211. The molecule has 34 heavy (non-hydrogen) atoms. The highest BCUT2D eigenvalue weighted by molar-refractivity contribution is 8.00. The lowest BCUT2D eigenvalue weighted by molar-refractivity contribution is -0.117. The number of rotatable bonds is 8. The van der Waals surface area contributed by atoms with Gasteiger partial charge in [-0.1, -0.05) is 12.1 Å². The van der Waals surface area contributed by atoms with Crippen LogP contribution < -0.4 is 4.72 Å². The second-order valence-electron chi connectivity index (χ2n) is 7.69. The zero-order valence-corrected chi connectivity index (χ0v) is 19.9. The van der Waals surface area contributed by atoms with Crippen molar-refractivity contribution in [1.29, 1.82) is 0 Å². The van der Waals surface area contributed by atoms with Gasteiger partial charge in [0.25, 0.3) is 0 Å². The van der Waals surface area contributed by atoms with Gasteiger partial charge in [0.1, 0.15) is 22.3 Å². The fourth-order valence-electron chi connectivity index (χ4n) is 3.32. The summed E-state index contributed by atoms with van der Waals surface area (Å²) in [4.78, 5) is 18.5. The lowest BCUT2D eigenvalue weighted by atomic mass is 10.0. The van der Waals surface area contributed by atoms with Crippen LogP contribution in [-0.2, 0) is 11.3 Å². The molecule has 4 rings (SSSR count). The molecule has 2 heterocycles. The molecule has 0 bridgehead atoms. The molecule has 0 aliphatic heterocycles. The highest BCUT2D eigenvalue weighted by Crippen LogP contribution is 2.36. The van der Waals surface area contributed by atoms with Gasteiger partial charge in [0.05, 0.1) is 11.9 Å². The monoisotopic (exact) mass is 499 g/mol. The average molecular weight is 500 g/mol. The summed E-state index contributed by atoms with van der Waals surface area (Å²) in [6, 6.07) is 13.3. The van der Waals surface area contributed by atoms with E-state index in [4.69, 9.17) is 0 Å². The number of carbonyl (C=O) groups is 1. The van der Waals surface area contributed by atoms with Crippen LogP contribution in [0.4, 0.5) is 18.9 Å². The molecule has 2 aromatic carbocycles. The topological polar surface area (TPSA) is 45.2 Å². The van der Waals surface area contributed by atoms with Gasteiger partial charge < -0.3 is 9.62 Å². The molecule has 1 amide bonds. The molecule has 0 aliphatic rings. The lowest BCUT2D eigenvalue weighted by Crippen LogP contribution is -2.15. The van der Waals surface area contributed by atoms with Crippen molar-refractivity contribution in [3.05, 3.63) is 89.5 Å². The van der Waals surface area contributed by atoms with Crippen LogP contribution >= 0.6 is 23.3 Å². The molecule has 4 nitrogen and oxygen atoms in total. The Kier molecular flexibility index (Phi) is 7.23. The third kappa shape index (κ3) is 5.43. The fourth-order valence-corrected chi connectivity index (χ4v) is 4.94. The van der Waals surface area contributed by atoms with Crippen molar-refractivity contribution in [3.63, 3.8) is 0 Å². The molecule has 0 spiro atoms. The molecule has 0 fully saturated rings. The van der Waals surface area contributed by atoms with Crippen LogP contribution in [0.2, 0.25) is 0 Å². The minimum Gasteiger partial charge on any atom is -0.344 e. The van der Waals surface area contributed by atoms with E-state index < -0.39 is 17.5 Å². The normalized spacial score (nSPS) is 10.9. The Morgan fingerprint density at radius 3 is 2.41 bits per heavy atom. The number of hydrogen-bond acceptors (Lipinski definition) is 5. The van der Waals surface area contributed by atoms with Crippen molar-refractivity contribution in [3.8, 4) is 20.9 Å². The first-order valence-corrected chi connectivity index (χ1v) is 11.9. The number of benzene rings is 2. The molecule has 1 N–H and O–H groups in total. The van der Waals surface area contributed by atoms with E-state index >= 15 is 0 Å². The minimum absolute atomic E-state index is 0.319. The molecular formula is C25H20F3N3OS2. The number of pyridine rings is 1. The van der Waals surface area contributed by atoms with E-state index in [0.717, 1.165) is 50.4 Å². The molecule has 0 aliphatic carbocycles. The first-order valence-electron chi connectivity index (χ1n) is 10.2. The maximum atomic E-state index is 13.9. The number of hydrogen-bond donors (Lipinski definition) is 1. The number of thiophene rings is 1. The van der Waals surface area contributed by atoms with Crippen molar-refractivity contribution in [2.45, 2.75) is 18.4 Å².